The van der Waals surface area contributed by atoms with Crippen molar-refractivity contribution in [3.05, 3.63) is 81.5 Å². The van der Waals surface area contributed by atoms with Gasteiger partial charge in [-0.15, -0.1) is 0 Å². The molecular formula is C34H32N4O10. The van der Waals surface area contributed by atoms with E-state index in [2.05, 4.69) is 0 Å². The standard InChI is InChI=1S/C34H32N4O10/c1-3-48-30(44)7-5-4-6-25(39)31-20(2)35(32(45)21-8-12-23(13-9-21)36-26(40)16-17-27(36)41)34(47)38(31)33(46)22-10-14-24(15-11-22)37-28(42)18-19-29(37)43/h8-15H,3-7,16-19H2,1-2H3. The molecular weight excluding hydrogens is 624 g/mol. The number of hydrogen-bond acceptors (Lipinski definition) is 10. The number of carbonyl (C=O) groups excluding carboxylic acids is 8. The van der Waals surface area contributed by atoms with Crippen molar-refractivity contribution in [3.8, 4) is 0 Å². The number of ketones is 1. The largest absolute Gasteiger partial charge is 0.466 e. The number of unbranched alkanes of at least 4 members (excludes halogenated alkanes) is 1. The van der Waals surface area contributed by atoms with E-state index in [1.807, 2.05) is 0 Å². The second-order valence-electron chi connectivity index (χ2n) is 11.3. The van der Waals surface area contributed by atoms with Crippen molar-refractivity contribution in [2.75, 3.05) is 16.4 Å². The summed E-state index contributed by atoms with van der Waals surface area (Å²) in [5.41, 5.74) is -1.05. The van der Waals surface area contributed by atoms with Gasteiger partial charge in [0.1, 0.15) is 5.69 Å². The number of carbonyl (C=O) groups is 8. The van der Waals surface area contributed by atoms with E-state index in [0.717, 1.165) is 9.80 Å². The first-order valence-corrected chi connectivity index (χ1v) is 15.5. The average Bonchev–Trinajstić information content (AvgIpc) is 3.68. The molecule has 1 aromatic heterocycles. The predicted molar refractivity (Wildman–Crippen MR) is 169 cm³/mol. The molecule has 0 unspecified atom stereocenters. The van der Waals surface area contributed by atoms with E-state index in [-0.39, 0.29) is 109 Å². The van der Waals surface area contributed by atoms with Crippen molar-refractivity contribution in [2.24, 2.45) is 0 Å². The number of rotatable bonds is 11. The quantitative estimate of drug-likeness (QED) is 0.129. The molecule has 0 atom stereocenters. The normalized spacial score (nSPS) is 14.6. The number of ether oxygens (including phenoxy) is 1. The zero-order chi connectivity index (χ0) is 34.7. The number of aromatic nitrogens is 2. The van der Waals surface area contributed by atoms with Gasteiger partial charge in [-0.05, 0) is 75.2 Å². The van der Waals surface area contributed by atoms with Crippen molar-refractivity contribution in [2.45, 2.75) is 65.2 Å². The minimum absolute atomic E-state index is 0.00891. The molecule has 14 heteroatoms. The molecule has 48 heavy (non-hydrogen) atoms. The van der Waals surface area contributed by atoms with Crippen LogP contribution < -0.4 is 15.5 Å². The fourth-order valence-electron chi connectivity index (χ4n) is 5.76. The van der Waals surface area contributed by atoms with Crippen LogP contribution in [0.2, 0.25) is 0 Å². The van der Waals surface area contributed by atoms with Gasteiger partial charge in [-0.3, -0.25) is 48.2 Å². The molecule has 0 saturated carbocycles. The monoisotopic (exact) mass is 656 g/mol. The van der Waals surface area contributed by atoms with E-state index in [0.29, 0.717) is 15.6 Å². The highest BCUT2D eigenvalue weighted by Gasteiger charge is 2.33. The fourth-order valence-corrected chi connectivity index (χ4v) is 5.76. The Kier molecular flexibility index (Phi) is 9.73. The second-order valence-corrected chi connectivity index (χ2v) is 11.3. The van der Waals surface area contributed by atoms with Crippen molar-refractivity contribution in [3.63, 3.8) is 0 Å². The maximum atomic E-state index is 13.8. The highest BCUT2D eigenvalue weighted by molar-refractivity contribution is 6.20. The van der Waals surface area contributed by atoms with Crippen molar-refractivity contribution < 1.29 is 43.1 Å². The molecule has 2 aliphatic rings. The number of benzene rings is 2. The summed E-state index contributed by atoms with van der Waals surface area (Å²) in [5, 5.41) is 0. The molecule has 3 aromatic rings. The summed E-state index contributed by atoms with van der Waals surface area (Å²) in [6.07, 6.45) is 0.765. The minimum Gasteiger partial charge on any atom is -0.466 e. The molecule has 14 nitrogen and oxygen atoms in total. The zero-order valence-electron chi connectivity index (χ0n) is 26.4. The molecule has 2 saturated heterocycles. The molecule has 5 rings (SSSR count). The number of esters is 1. The molecule has 0 radical (unpaired) electrons. The molecule has 0 aliphatic carbocycles. The van der Waals surface area contributed by atoms with Crippen LogP contribution in [0.15, 0.2) is 53.3 Å². The maximum Gasteiger partial charge on any atom is 0.343 e. The van der Waals surface area contributed by atoms with Crippen LogP contribution in [0.25, 0.3) is 0 Å². The summed E-state index contributed by atoms with van der Waals surface area (Å²) in [5.74, 6) is -4.33. The van der Waals surface area contributed by atoms with Crippen LogP contribution in [0.4, 0.5) is 11.4 Å². The lowest BCUT2D eigenvalue weighted by Crippen LogP contribution is -2.34. The van der Waals surface area contributed by atoms with Gasteiger partial charge in [0.15, 0.2) is 5.78 Å². The van der Waals surface area contributed by atoms with Crippen LogP contribution >= 0.6 is 0 Å². The number of anilines is 2. The van der Waals surface area contributed by atoms with Crippen molar-refractivity contribution >= 4 is 58.6 Å². The zero-order valence-corrected chi connectivity index (χ0v) is 26.4. The Bertz CT molecular complexity index is 1890. The van der Waals surface area contributed by atoms with Crippen molar-refractivity contribution in [1.29, 1.82) is 0 Å². The van der Waals surface area contributed by atoms with E-state index in [9.17, 15) is 43.2 Å². The molecule has 4 amide bonds. The van der Waals surface area contributed by atoms with Crippen LogP contribution in [0, 0.1) is 6.92 Å². The van der Waals surface area contributed by atoms with Gasteiger partial charge in [-0.2, -0.15) is 0 Å². The Balaban J connectivity index is 1.48. The van der Waals surface area contributed by atoms with Gasteiger partial charge in [0.2, 0.25) is 23.6 Å². The maximum absolute atomic E-state index is 13.8. The topological polar surface area (TPSA) is 179 Å². The number of imidazole rings is 1. The average molecular weight is 657 g/mol. The highest BCUT2D eigenvalue weighted by Crippen LogP contribution is 2.25. The highest BCUT2D eigenvalue weighted by atomic mass is 16.5. The van der Waals surface area contributed by atoms with Gasteiger partial charge in [-0.1, -0.05) is 0 Å². The van der Waals surface area contributed by atoms with Crippen LogP contribution in [0.3, 0.4) is 0 Å². The molecule has 2 aliphatic heterocycles. The van der Waals surface area contributed by atoms with Crippen molar-refractivity contribution in [1.82, 2.24) is 9.13 Å². The summed E-state index contributed by atoms with van der Waals surface area (Å²) in [6.45, 7) is 3.25. The number of hydrogen-bond donors (Lipinski definition) is 0. The van der Waals surface area contributed by atoms with Gasteiger partial charge in [0.25, 0.3) is 11.8 Å². The fraction of sp³-hybridized carbons (Fsp3) is 0.324. The predicted octanol–water partition coefficient (Wildman–Crippen LogP) is 2.95. The van der Waals surface area contributed by atoms with Crippen LogP contribution in [0.1, 0.15) is 95.2 Å². The van der Waals surface area contributed by atoms with E-state index >= 15 is 0 Å². The first-order valence-electron chi connectivity index (χ1n) is 15.5. The number of nitrogens with zero attached hydrogens (tertiary/aromatic N) is 4. The summed E-state index contributed by atoms with van der Waals surface area (Å²) in [6, 6.07) is 10.8. The minimum atomic E-state index is -1.10. The Hall–Kier alpha value is -5.79. The number of amides is 4. The third-order valence-corrected chi connectivity index (χ3v) is 8.14. The Morgan fingerprint density at radius 3 is 1.48 bits per heavy atom. The van der Waals surface area contributed by atoms with Gasteiger partial charge in [-0.25, -0.2) is 13.9 Å². The lowest BCUT2D eigenvalue weighted by molar-refractivity contribution is -0.143. The number of Topliss-reactive ketones (excluding diaryl/α,β-unsaturated/α-hetero) is 1. The third kappa shape index (κ3) is 6.41. The first-order chi connectivity index (χ1) is 22.9. The summed E-state index contributed by atoms with van der Waals surface area (Å²) >= 11 is 0. The molecule has 0 spiro atoms. The van der Waals surface area contributed by atoms with Gasteiger partial charge < -0.3 is 4.74 Å². The van der Waals surface area contributed by atoms with Crippen LogP contribution in [-0.4, -0.2) is 62.9 Å². The lowest BCUT2D eigenvalue weighted by Gasteiger charge is -2.14. The molecule has 2 fully saturated rings. The Labute approximate surface area is 273 Å². The SMILES string of the molecule is CCOC(=O)CCCCC(=O)c1c(C)n(C(=O)c2ccc(N3C(=O)CCC3=O)cc2)c(=O)n1C(=O)c1ccc(N2C(=O)CCC2=O)cc1. The smallest absolute Gasteiger partial charge is 0.343 e. The summed E-state index contributed by atoms with van der Waals surface area (Å²) in [7, 11) is 0. The summed E-state index contributed by atoms with van der Waals surface area (Å²) in [4.78, 5) is 117. The van der Waals surface area contributed by atoms with E-state index in [1.54, 1.807) is 6.92 Å². The second kappa shape index (κ2) is 13.9. The van der Waals surface area contributed by atoms with Crippen LogP contribution in [0.5, 0.6) is 0 Å². The number of imide groups is 2. The Morgan fingerprint density at radius 1 is 0.625 bits per heavy atom. The first kappa shape index (κ1) is 33.6. The molecule has 3 heterocycles. The van der Waals surface area contributed by atoms with Crippen LogP contribution in [-0.2, 0) is 28.7 Å². The molecule has 2 aromatic carbocycles. The molecule has 248 valence electrons. The molecule has 0 N–H and O–H groups in total. The third-order valence-electron chi connectivity index (χ3n) is 8.14. The van der Waals surface area contributed by atoms with Gasteiger partial charge >= 0.3 is 11.7 Å². The van der Waals surface area contributed by atoms with E-state index in [1.165, 1.54) is 55.5 Å². The van der Waals surface area contributed by atoms with E-state index < -0.39 is 29.3 Å². The summed E-state index contributed by atoms with van der Waals surface area (Å²) < 4.78 is 6.24. The van der Waals surface area contributed by atoms with Gasteiger partial charge in [0.05, 0.1) is 23.7 Å². The molecule has 0 bridgehead atoms. The lowest BCUT2D eigenvalue weighted by atomic mass is 10.1. The van der Waals surface area contributed by atoms with E-state index in [4.69, 9.17) is 4.74 Å². The van der Waals surface area contributed by atoms with Gasteiger partial charge in [0, 0.05) is 49.7 Å². The Morgan fingerprint density at radius 2 is 1.04 bits per heavy atom.